The molecule has 0 aliphatic heterocycles. The van der Waals surface area contributed by atoms with Gasteiger partial charge < -0.3 is 33.8 Å². The quantitative estimate of drug-likeness (QED) is 0.0169. The van der Waals surface area contributed by atoms with E-state index in [4.69, 9.17) is 37.0 Å². The number of rotatable bonds is 73. The molecule has 0 aromatic rings. The average molecular weight is 1500 g/mol. The van der Waals surface area contributed by atoms with Crippen molar-refractivity contribution in [3.63, 3.8) is 0 Å². The molecule has 0 aromatic carbocycles. The molecule has 0 aliphatic carbocycles. The monoisotopic (exact) mass is 1490 g/mol. The number of phosphoric acid groups is 2. The van der Waals surface area contributed by atoms with Crippen LogP contribution in [0.5, 0.6) is 0 Å². The molecule has 0 spiro atoms. The minimum atomic E-state index is -5.00. The summed E-state index contributed by atoms with van der Waals surface area (Å²) in [4.78, 5) is 72.9. The van der Waals surface area contributed by atoms with Crippen molar-refractivity contribution in [3.8, 4) is 0 Å². The highest BCUT2D eigenvalue weighted by Crippen LogP contribution is 2.45. The molecule has 0 fully saturated rings. The van der Waals surface area contributed by atoms with Gasteiger partial charge >= 0.3 is 39.5 Å². The van der Waals surface area contributed by atoms with Gasteiger partial charge in [0.2, 0.25) is 0 Å². The molecule has 17 nitrogen and oxygen atoms in total. The van der Waals surface area contributed by atoms with Crippen LogP contribution in [0.2, 0.25) is 0 Å². The average Bonchev–Trinajstić information content (AvgIpc) is 0.939. The van der Waals surface area contributed by atoms with Crippen LogP contribution in [0.15, 0.2) is 158 Å². The second-order valence-corrected chi connectivity index (χ2v) is 28.8. The first-order valence-corrected chi connectivity index (χ1v) is 42.7. The van der Waals surface area contributed by atoms with Crippen LogP contribution >= 0.6 is 15.6 Å². The summed E-state index contributed by atoms with van der Waals surface area (Å²) in [5.41, 5.74) is 0. The van der Waals surface area contributed by atoms with E-state index in [0.29, 0.717) is 38.5 Å². The molecule has 0 amide bonds. The molecule has 5 unspecified atom stereocenters. The van der Waals surface area contributed by atoms with Gasteiger partial charge in [-0.3, -0.25) is 37.3 Å². The number of hydrogen-bond acceptors (Lipinski definition) is 15. The molecule has 5 atom stereocenters. The fourth-order valence-electron chi connectivity index (χ4n) is 9.98. The van der Waals surface area contributed by atoms with E-state index < -0.39 is 97.5 Å². The van der Waals surface area contributed by atoms with Gasteiger partial charge in [-0.1, -0.05) is 276 Å². The highest BCUT2D eigenvalue weighted by molar-refractivity contribution is 7.47. The van der Waals surface area contributed by atoms with Crippen molar-refractivity contribution in [2.75, 3.05) is 39.6 Å². The van der Waals surface area contributed by atoms with Gasteiger partial charge in [0.25, 0.3) is 0 Å². The lowest BCUT2D eigenvalue weighted by atomic mass is 10.1. The Morgan fingerprint density at radius 3 is 0.875 bits per heavy atom. The highest BCUT2D eigenvalue weighted by Gasteiger charge is 2.30. The number of carbonyl (C=O) groups is 4. The first kappa shape index (κ1) is 98.7. The normalized spacial score (nSPS) is 14.7. The molecule has 3 N–H and O–H groups in total. The van der Waals surface area contributed by atoms with Crippen LogP contribution in [0.3, 0.4) is 0 Å². The second-order valence-electron chi connectivity index (χ2n) is 25.9. The minimum absolute atomic E-state index is 0.0292. The van der Waals surface area contributed by atoms with Crippen LogP contribution in [0.4, 0.5) is 0 Å². The van der Waals surface area contributed by atoms with E-state index in [1.165, 1.54) is 64.2 Å². The molecule has 104 heavy (non-hydrogen) atoms. The summed E-state index contributed by atoms with van der Waals surface area (Å²) in [6.45, 7) is 4.45. The maximum atomic E-state index is 13.1. The number of carbonyl (C=O) groups excluding carboxylic acids is 4. The maximum absolute atomic E-state index is 13.1. The molecule has 0 aromatic heterocycles. The van der Waals surface area contributed by atoms with Gasteiger partial charge in [0.05, 0.1) is 26.4 Å². The Labute approximate surface area is 629 Å². The van der Waals surface area contributed by atoms with Gasteiger partial charge in [-0.15, -0.1) is 0 Å². The van der Waals surface area contributed by atoms with Crippen LogP contribution < -0.4 is 0 Å². The van der Waals surface area contributed by atoms with Crippen molar-refractivity contribution < 1.29 is 80.2 Å². The zero-order chi connectivity index (χ0) is 76.0. The Morgan fingerprint density at radius 1 is 0.279 bits per heavy atom. The van der Waals surface area contributed by atoms with Gasteiger partial charge in [0, 0.05) is 25.7 Å². The van der Waals surface area contributed by atoms with E-state index in [2.05, 4.69) is 155 Å². The van der Waals surface area contributed by atoms with Crippen molar-refractivity contribution in [2.45, 2.75) is 316 Å². The first-order valence-electron chi connectivity index (χ1n) is 39.7. The molecular weight excluding hydrogens is 1350 g/mol. The summed E-state index contributed by atoms with van der Waals surface area (Å²) in [7, 11) is -10.0. The van der Waals surface area contributed by atoms with Crippen molar-refractivity contribution in [2.24, 2.45) is 0 Å². The standard InChI is InChI=1S/C85H140O17P2/c1-5-9-13-17-21-25-29-33-36-38-39-41-44-47-50-54-58-62-66-70-83(88)95-75-80(101-84(89)71-67-63-59-55-51-45-32-28-24-20-16-12-8-4)77-99-103(91,92)97-73-79(86)74-98-104(93,94)100-78-81(102-85(90)72-68-64-60-56-52-48-42-35-31-27-23-19-15-11-7-3)76-96-82(87)69-65-61-57-53-49-46-43-40-37-34-30-26-22-18-14-10-6-2/h9-10,13-14,21-22,25-26,28,32-37,39,41-43,46-47,50,53,57-58,62,79-81,86H,5-8,11-12,15-20,23-24,27,29-31,38,40,44-45,48-49,51-52,54-56,59-61,63-78H2,1-4H3,(H,91,92)(H,93,94)/b13-9-,14-10-,25-21-,26-22-,32-28-,36-33-,37-34-,41-39-,42-35-,46-43-,50-47-,57-53-,62-58-. The maximum Gasteiger partial charge on any atom is 0.472 e. The summed E-state index contributed by atoms with van der Waals surface area (Å²) < 4.78 is 68.4. The van der Waals surface area contributed by atoms with Crippen LogP contribution in [0.25, 0.3) is 0 Å². The lowest BCUT2D eigenvalue weighted by Gasteiger charge is -2.21. The Balaban J connectivity index is 5.48. The van der Waals surface area contributed by atoms with Crippen molar-refractivity contribution in [1.82, 2.24) is 0 Å². The van der Waals surface area contributed by atoms with E-state index in [1.54, 1.807) is 0 Å². The van der Waals surface area contributed by atoms with Crippen molar-refractivity contribution in [3.05, 3.63) is 158 Å². The van der Waals surface area contributed by atoms with Crippen molar-refractivity contribution >= 4 is 39.5 Å². The molecule has 0 aliphatic rings. The van der Waals surface area contributed by atoms with E-state index >= 15 is 0 Å². The molecule has 0 rings (SSSR count). The van der Waals surface area contributed by atoms with Crippen molar-refractivity contribution in [1.29, 1.82) is 0 Å². The number of esters is 4. The zero-order valence-corrected chi connectivity index (χ0v) is 66.4. The Hall–Kier alpha value is -5.32. The smallest absolute Gasteiger partial charge is 0.462 e. The Bertz CT molecular complexity index is 2590. The Kier molecular flexibility index (Phi) is 72.0. The van der Waals surface area contributed by atoms with Crippen LogP contribution in [-0.4, -0.2) is 96.7 Å². The number of phosphoric ester groups is 2. The summed E-state index contributed by atoms with van der Waals surface area (Å²) in [5, 5.41) is 10.6. The number of allylic oxidation sites excluding steroid dienone is 26. The fraction of sp³-hybridized carbons (Fsp3) is 0.647. The van der Waals surface area contributed by atoms with E-state index in [1.807, 2.05) is 30.4 Å². The molecule has 0 saturated heterocycles. The highest BCUT2D eigenvalue weighted by atomic mass is 31.2. The second kappa shape index (κ2) is 75.9. The summed E-state index contributed by atoms with van der Waals surface area (Å²) in [6.07, 6.45) is 88.2. The predicted octanol–water partition coefficient (Wildman–Crippen LogP) is 23.2. The SMILES string of the molecule is CC/C=C\C/C=C\C/C=C\C/C=C\C/C=C\C/C=C\CCC(=O)OCC(COP(=O)(O)OCC(O)COP(=O)(O)OCC(COC(=O)CCC/C=C\C/C=C\C/C=C\C/C=C\C/C=C\CC)OC(=O)CCCCCCC/C=C\CCCCCCCC)OC(=O)CCCCCCC/C=C\CCCCCC. The molecule has 0 saturated carbocycles. The third-order valence-electron chi connectivity index (χ3n) is 16.0. The zero-order valence-electron chi connectivity index (χ0n) is 64.6. The van der Waals surface area contributed by atoms with Gasteiger partial charge in [0.15, 0.2) is 12.2 Å². The fourth-order valence-corrected chi connectivity index (χ4v) is 11.6. The van der Waals surface area contributed by atoms with Gasteiger partial charge in [-0.25, -0.2) is 9.13 Å². The third-order valence-corrected chi connectivity index (χ3v) is 17.9. The van der Waals surface area contributed by atoms with E-state index in [9.17, 15) is 43.2 Å². The topological polar surface area (TPSA) is 237 Å². The number of aliphatic hydroxyl groups excluding tert-OH is 1. The van der Waals surface area contributed by atoms with E-state index in [-0.39, 0.29) is 25.7 Å². The summed E-state index contributed by atoms with van der Waals surface area (Å²) in [5.74, 6) is -2.37. The first-order chi connectivity index (χ1) is 50.7. The number of unbranched alkanes of at least 4 members (excludes halogenated alkanes) is 21. The minimum Gasteiger partial charge on any atom is -0.462 e. The molecule has 19 heteroatoms. The lowest BCUT2D eigenvalue weighted by Crippen LogP contribution is -2.30. The Morgan fingerprint density at radius 2 is 0.529 bits per heavy atom. The van der Waals surface area contributed by atoms with Gasteiger partial charge in [-0.2, -0.15) is 0 Å². The molecule has 592 valence electrons. The van der Waals surface area contributed by atoms with Gasteiger partial charge in [0.1, 0.15) is 19.3 Å². The molecule has 0 bridgehead atoms. The molecule has 0 radical (unpaired) electrons. The van der Waals surface area contributed by atoms with Crippen LogP contribution in [0.1, 0.15) is 297 Å². The van der Waals surface area contributed by atoms with Gasteiger partial charge in [-0.05, 0) is 154 Å². The number of ether oxygens (including phenoxy) is 4. The van der Waals surface area contributed by atoms with E-state index in [0.717, 1.165) is 141 Å². The number of aliphatic hydroxyl groups is 1. The third kappa shape index (κ3) is 74.9. The summed E-state index contributed by atoms with van der Waals surface area (Å²) >= 11 is 0. The summed E-state index contributed by atoms with van der Waals surface area (Å²) in [6, 6.07) is 0. The number of hydrogen-bond donors (Lipinski definition) is 3. The predicted molar refractivity (Wildman–Crippen MR) is 427 cm³/mol. The van der Waals surface area contributed by atoms with Crippen LogP contribution in [-0.2, 0) is 65.4 Å². The lowest BCUT2D eigenvalue weighted by molar-refractivity contribution is -0.161. The largest absolute Gasteiger partial charge is 0.472 e. The van der Waals surface area contributed by atoms with Crippen LogP contribution in [0, 0.1) is 0 Å². The molecule has 0 heterocycles. The molecular formula is C85H140O17P2.